The number of halogens is 7. The van der Waals surface area contributed by atoms with Gasteiger partial charge in [-0.2, -0.15) is 0 Å². The lowest BCUT2D eigenvalue weighted by molar-refractivity contribution is 0.660. The van der Waals surface area contributed by atoms with Crippen molar-refractivity contribution in [2.45, 2.75) is 19.3 Å². The molecule has 0 unspecified atom stereocenters. The summed E-state index contributed by atoms with van der Waals surface area (Å²) in [6.07, 6.45) is 5.11. The van der Waals surface area contributed by atoms with Crippen LogP contribution in [-0.4, -0.2) is 64.8 Å². The van der Waals surface area contributed by atoms with E-state index in [-0.39, 0.29) is 16.0 Å². The first-order chi connectivity index (χ1) is 60.6. The van der Waals surface area contributed by atoms with Crippen LogP contribution in [0.1, 0.15) is 25.0 Å². The van der Waals surface area contributed by atoms with Gasteiger partial charge in [0, 0.05) is 65.6 Å². The highest BCUT2D eigenvalue weighted by Crippen LogP contribution is 2.50. The third kappa shape index (κ3) is 18.4. The maximum atomic E-state index is 6.27. The van der Waals surface area contributed by atoms with Gasteiger partial charge in [-0.05, 0) is 201 Å². The molecule has 23 aromatic rings. The Labute approximate surface area is 773 Å². The fraction of sp³-hybridized carbons (Fsp3) is 0.0306. The summed E-state index contributed by atoms with van der Waals surface area (Å²) in [5.41, 5.74) is 23.2. The molecular weight excluding hydrogens is 1840 g/mol. The van der Waals surface area contributed by atoms with E-state index in [0.717, 1.165) is 113 Å². The number of hydrogen-bond acceptors (Lipinski definition) is 19. The molecule has 0 bridgehead atoms. The minimum absolute atomic E-state index is 0.0275. The highest BCUT2D eigenvalue weighted by molar-refractivity contribution is 9.10. The maximum Gasteiger partial charge on any atom is 0.223 e. The third-order valence-corrected chi connectivity index (χ3v) is 27.5. The minimum atomic E-state index is -0.0275. The van der Waals surface area contributed by atoms with Crippen LogP contribution < -0.4 is 0 Å². The molecule has 14 heterocycles. The zero-order valence-electron chi connectivity index (χ0n) is 65.1. The summed E-state index contributed by atoms with van der Waals surface area (Å²) in [5.74, 6) is 0. The molecule has 13 nitrogen and oxygen atoms in total. The van der Waals surface area contributed by atoms with Crippen molar-refractivity contribution in [2.75, 3.05) is 0 Å². The molecule has 0 amide bonds. The molecule has 0 atom stereocenters. The first-order valence-electron chi connectivity index (χ1n) is 38.4. The number of thiophene rings is 6. The van der Waals surface area contributed by atoms with Crippen molar-refractivity contribution in [1.82, 2.24) is 64.8 Å². The average molecular weight is 1900 g/mol. The second-order valence-electron chi connectivity index (χ2n) is 28.3. The van der Waals surface area contributed by atoms with Gasteiger partial charge >= 0.3 is 0 Å². The van der Waals surface area contributed by atoms with E-state index in [0.29, 0.717) is 31.1 Å². The highest BCUT2D eigenvalue weighted by atomic mass is 79.9. The molecule has 14 aromatic heterocycles. The van der Waals surface area contributed by atoms with E-state index < -0.39 is 0 Å². The molecule has 26 heteroatoms. The predicted molar refractivity (Wildman–Crippen MR) is 529 cm³/mol. The van der Waals surface area contributed by atoms with Crippen LogP contribution in [0.3, 0.4) is 0 Å². The van der Waals surface area contributed by atoms with E-state index in [1.54, 1.807) is 92.7 Å². The number of aromatic nitrogens is 13. The van der Waals surface area contributed by atoms with Crippen molar-refractivity contribution >= 4 is 246 Å². The van der Waals surface area contributed by atoms with Crippen LogP contribution in [-0.2, 0) is 5.41 Å². The molecule has 0 aliphatic heterocycles. The van der Waals surface area contributed by atoms with E-state index in [1.165, 1.54) is 63.1 Å². The number of fused-ring (bicyclic) bond motifs is 14. The monoisotopic (exact) mass is 1900 g/mol. The van der Waals surface area contributed by atoms with E-state index in [1.807, 2.05) is 161 Å². The van der Waals surface area contributed by atoms with Gasteiger partial charge in [-0.3, -0.25) is 0 Å². The molecule has 1 aliphatic carbocycles. The topological polar surface area (TPSA) is 168 Å². The minimum Gasteiger partial charge on any atom is -0.243 e. The summed E-state index contributed by atoms with van der Waals surface area (Å²) >= 11 is 48.8. The summed E-state index contributed by atoms with van der Waals surface area (Å²) in [6.45, 7) is 4.58. The van der Waals surface area contributed by atoms with Crippen LogP contribution >= 0.6 is 154 Å². The van der Waals surface area contributed by atoms with Gasteiger partial charge in [-0.25, -0.2) is 64.8 Å². The van der Waals surface area contributed by atoms with Gasteiger partial charge in [0.05, 0.1) is 74.5 Å². The number of rotatable bonds is 6. The zero-order chi connectivity index (χ0) is 84.8. The Morgan fingerprint density at radius 1 is 0.298 bits per heavy atom. The predicted octanol–water partition coefficient (Wildman–Crippen LogP) is 31.7. The van der Waals surface area contributed by atoms with Gasteiger partial charge in [0.25, 0.3) is 0 Å². The second kappa shape index (κ2) is 37.6. The lowest BCUT2D eigenvalue weighted by Gasteiger charge is -2.22. The third-order valence-electron chi connectivity index (χ3n) is 20.2. The standard InChI is InChI=1S/C22H16BrN3.C22H13ClN2S.C18H11ClN2S.C16H9ClN2S.2C7H4ClNS.C6H3ClN2S/c1-22(2)17-8-4-3-6-14(17)15-10-9-13(12-18(15)22)19-16-7-5-11-24-20(16)26-21(23)25-19;23-22-24-19(21-20(25-22)17-11-4-5-12-18(17)26-21)16-10-6-9-15(13-16)14-7-2-1-3-8-14;19-18-20-15-10-11-22-17(15)16(21-18)14-8-6-13(7-9-14)12-4-2-1-3-5-12;17-16-18-13(10-6-2-1-3-7-10)15-14(19-16)11-8-4-5-9-12(11)20-15;8-7-3-5-1-2-10-6(5)4-9-7;8-7-2-1-6-5(9-7)3-4-10-6;7-5-3-8-6-4(9-5)1-2-10-6/h3-12H,1-2H3;1-13H;1-11H;1-9H;2*1-4H;1-3H. The Morgan fingerprint density at radius 2 is 0.815 bits per heavy atom. The summed E-state index contributed by atoms with van der Waals surface area (Å²) in [6, 6.07) is 96.9. The fourth-order valence-electron chi connectivity index (χ4n) is 14.5. The molecule has 0 saturated heterocycles. The van der Waals surface area contributed by atoms with Gasteiger partial charge in [-0.1, -0.05) is 255 Å². The van der Waals surface area contributed by atoms with Crippen molar-refractivity contribution in [3.8, 4) is 78.4 Å². The first-order valence-corrected chi connectivity index (χ1v) is 46.6. The molecule has 0 saturated carbocycles. The molecule has 0 fully saturated rings. The Morgan fingerprint density at radius 3 is 1.53 bits per heavy atom. The van der Waals surface area contributed by atoms with Crippen molar-refractivity contribution < 1.29 is 0 Å². The Balaban J connectivity index is 0.000000102. The summed E-state index contributed by atoms with van der Waals surface area (Å²) in [7, 11) is 0. The van der Waals surface area contributed by atoms with Crippen molar-refractivity contribution in [3.05, 3.63) is 372 Å². The first kappa shape index (κ1) is 83.5. The van der Waals surface area contributed by atoms with E-state index in [4.69, 9.17) is 69.6 Å². The number of pyridine rings is 3. The number of benzene rings is 9. The van der Waals surface area contributed by atoms with Crippen LogP contribution in [0.15, 0.2) is 330 Å². The largest absolute Gasteiger partial charge is 0.243 e. The smallest absolute Gasteiger partial charge is 0.223 e. The summed E-state index contributed by atoms with van der Waals surface area (Å²) in [4.78, 5) is 57.1. The molecule has 602 valence electrons. The van der Waals surface area contributed by atoms with Crippen molar-refractivity contribution in [1.29, 1.82) is 0 Å². The Hall–Kier alpha value is -11.4. The average Bonchev–Trinajstić information content (AvgIpc) is 1.58. The number of nitrogens with zero attached hydrogens (tertiary/aromatic N) is 13. The van der Waals surface area contributed by atoms with Gasteiger partial charge in [0.1, 0.15) is 25.8 Å². The SMILES string of the molecule is CC1(C)c2ccccc2-c2ccc(-c3nc(Br)nc4ncccc34)cc21.Clc1cc2ccsc2cn1.Clc1ccc2sccc2n1.Clc1cnc2sccc2n1.Clc1nc(-c2ccc(-c3ccccc3)cc2)c2sccc2n1.Clc1nc(-c2cccc(-c3ccccc3)c2)c2sc3ccccc3c2n1.Clc1nc(-c2ccccc2)c2sc3ccccc3c2n1. The molecular formula is C98H60BrCl6N13S6. The quantitative estimate of drug-likeness (QED) is 0.114. The van der Waals surface area contributed by atoms with Gasteiger partial charge in [0.15, 0.2) is 10.4 Å². The summed E-state index contributed by atoms with van der Waals surface area (Å²) in [5, 5.41) is 14.8. The van der Waals surface area contributed by atoms with Crippen molar-refractivity contribution in [3.63, 3.8) is 0 Å². The van der Waals surface area contributed by atoms with Crippen LogP contribution in [0, 0.1) is 0 Å². The lowest BCUT2D eigenvalue weighted by atomic mass is 9.82. The second-order valence-corrected chi connectivity index (χ2v) is 37.0. The molecule has 9 aromatic carbocycles. The molecule has 0 radical (unpaired) electrons. The molecule has 1 aliphatic rings. The lowest BCUT2D eigenvalue weighted by Crippen LogP contribution is -2.14. The zero-order valence-corrected chi connectivity index (χ0v) is 76.1. The Bertz CT molecular complexity index is 7640. The van der Waals surface area contributed by atoms with E-state index in [9.17, 15) is 0 Å². The van der Waals surface area contributed by atoms with Crippen LogP contribution in [0.25, 0.3) is 171 Å². The summed E-state index contributed by atoms with van der Waals surface area (Å²) < 4.78 is 8.55. The van der Waals surface area contributed by atoms with Crippen LogP contribution in [0.2, 0.25) is 31.3 Å². The van der Waals surface area contributed by atoms with E-state index >= 15 is 0 Å². The van der Waals surface area contributed by atoms with Crippen LogP contribution in [0.4, 0.5) is 0 Å². The fourth-order valence-corrected chi connectivity index (χ4v) is 21.1. The maximum absolute atomic E-state index is 6.27. The molecule has 0 N–H and O–H groups in total. The van der Waals surface area contributed by atoms with Gasteiger partial charge < -0.3 is 0 Å². The van der Waals surface area contributed by atoms with Gasteiger partial charge in [-0.15, -0.1) is 68.0 Å². The van der Waals surface area contributed by atoms with E-state index in [2.05, 4.69) is 234 Å². The molecule has 124 heavy (non-hydrogen) atoms. The van der Waals surface area contributed by atoms with Crippen LogP contribution in [0.5, 0.6) is 0 Å². The highest BCUT2D eigenvalue weighted by Gasteiger charge is 2.35. The Kier molecular flexibility index (Phi) is 25.3. The normalized spacial score (nSPS) is 11.7. The molecule has 24 rings (SSSR count). The molecule has 0 spiro atoms. The van der Waals surface area contributed by atoms with Gasteiger partial charge in [0.2, 0.25) is 15.9 Å². The van der Waals surface area contributed by atoms with Crippen molar-refractivity contribution in [2.24, 2.45) is 0 Å². The number of hydrogen-bond donors (Lipinski definition) is 0.